The molecule has 0 atom stereocenters. The average molecular weight is 326 g/mol. The number of hydrogen-bond donors (Lipinski definition) is 0. The molecule has 6 nitrogen and oxygen atoms in total. The maximum absolute atomic E-state index is 12.5. The Morgan fingerprint density at radius 1 is 1.17 bits per heavy atom. The van der Waals surface area contributed by atoms with E-state index in [2.05, 4.69) is 14.9 Å². The van der Waals surface area contributed by atoms with E-state index in [-0.39, 0.29) is 5.91 Å². The molecule has 1 aromatic carbocycles. The molecule has 0 bridgehead atoms. The van der Waals surface area contributed by atoms with Gasteiger partial charge in [-0.15, -0.1) is 0 Å². The van der Waals surface area contributed by atoms with Crippen LogP contribution < -0.4 is 9.64 Å². The van der Waals surface area contributed by atoms with E-state index in [0.29, 0.717) is 19.5 Å². The third-order valence-electron chi connectivity index (χ3n) is 4.28. The number of nitrogens with zero attached hydrogens (tertiary/aromatic N) is 4. The summed E-state index contributed by atoms with van der Waals surface area (Å²) in [5.41, 5.74) is 2.07. The molecule has 0 unspecified atom stereocenters. The molecule has 0 spiro atoms. The van der Waals surface area contributed by atoms with Crippen LogP contribution in [0.15, 0.2) is 36.7 Å². The lowest BCUT2D eigenvalue weighted by Gasteiger charge is -2.34. The second kappa shape index (κ2) is 7.29. The van der Waals surface area contributed by atoms with Gasteiger partial charge in [-0.3, -0.25) is 4.79 Å². The number of hydrogen-bond acceptors (Lipinski definition) is 5. The zero-order valence-electron chi connectivity index (χ0n) is 14.1. The van der Waals surface area contributed by atoms with Crippen LogP contribution in [0.5, 0.6) is 5.75 Å². The van der Waals surface area contributed by atoms with Crippen LogP contribution in [0, 0.1) is 6.92 Å². The standard InChI is InChI=1S/C18H22N4O2/c1-14-12-15(4-5-16(14)24-2)13-17(23)21-8-10-22(11-9-21)18-19-6-3-7-20-18/h3-7,12H,8-11,13H2,1-2H3. The highest BCUT2D eigenvalue weighted by molar-refractivity contribution is 5.79. The number of anilines is 1. The predicted molar refractivity (Wildman–Crippen MR) is 92.3 cm³/mol. The van der Waals surface area contributed by atoms with E-state index in [4.69, 9.17) is 4.74 Å². The summed E-state index contributed by atoms with van der Waals surface area (Å²) in [6.07, 6.45) is 3.91. The molecular weight excluding hydrogens is 304 g/mol. The Bertz CT molecular complexity index is 697. The number of benzene rings is 1. The molecule has 1 aliphatic rings. The van der Waals surface area contributed by atoms with Crippen molar-refractivity contribution in [2.75, 3.05) is 38.2 Å². The van der Waals surface area contributed by atoms with Crippen LogP contribution in [-0.2, 0) is 11.2 Å². The second-order valence-electron chi connectivity index (χ2n) is 5.90. The molecule has 24 heavy (non-hydrogen) atoms. The van der Waals surface area contributed by atoms with Crippen molar-refractivity contribution >= 4 is 11.9 Å². The summed E-state index contributed by atoms with van der Waals surface area (Å²) in [7, 11) is 1.66. The molecule has 0 N–H and O–H groups in total. The molecule has 3 rings (SSSR count). The van der Waals surface area contributed by atoms with E-state index >= 15 is 0 Å². The molecule has 1 amide bonds. The third-order valence-corrected chi connectivity index (χ3v) is 4.28. The van der Waals surface area contributed by atoms with Gasteiger partial charge in [0.15, 0.2) is 0 Å². The van der Waals surface area contributed by atoms with E-state index in [1.165, 1.54) is 0 Å². The molecule has 126 valence electrons. The zero-order chi connectivity index (χ0) is 16.9. The molecular formula is C18H22N4O2. The molecule has 1 saturated heterocycles. The summed E-state index contributed by atoms with van der Waals surface area (Å²) in [5.74, 6) is 1.74. The number of ether oxygens (including phenoxy) is 1. The maximum atomic E-state index is 12.5. The van der Waals surface area contributed by atoms with Crippen LogP contribution in [0.25, 0.3) is 0 Å². The van der Waals surface area contributed by atoms with Gasteiger partial charge in [-0.25, -0.2) is 9.97 Å². The summed E-state index contributed by atoms with van der Waals surface area (Å²) in [4.78, 5) is 25.1. The first-order chi connectivity index (χ1) is 11.7. The molecule has 2 heterocycles. The number of carbonyl (C=O) groups is 1. The molecule has 0 radical (unpaired) electrons. The number of piperazine rings is 1. The second-order valence-corrected chi connectivity index (χ2v) is 5.90. The van der Waals surface area contributed by atoms with Crippen molar-refractivity contribution in [1.29, 1.82) is 0 Å². The summed E-state index contributed by atoms with van der Waals surface area (Å²) in [6.45, 7) is 4.92. The molecule has 0 aliphatic carbocycles. The number of methoxy groups -OCH3 is 1. The first-order valence-electron chi connectivity index (χ1n) is 8.10. The van der Waals surface area contributed by atoms with E-state index < -0.39 is 0 Å². The summed E-state index contributed by atoms with van der Waals surface area (Å²) in [6, 6.07) is 7.70. The van der Waals surface area contributed by atoms with Gasteiger partial charge in [0, 0.05) is 38.6 Å². The van der Waals surface area contributed by atoms with Gasteiger partial charge in [-0.1, -0.05) is 12.1 Å². The maximum Gasteiger partial charge on any atom is 0.227 e. The van der Waals surface area contributed by atoms with E-state index in [1.807, 2.05) is 30.0 Å². The minimum atomic E-state index is 0.160. The van der Waals surface area contributed by atoms with Crippen LogP contribution in [0.2, 0.25) is 0 Å². The summed E-state index contributed by atoms with van der Waals surface area (Å²) < 4.78 is 5.26. The highest BCUT2D eigenvalue weighted by Crippen LogP contribution is 2.19. The number of aryl methyl sites for hydroxylation is 1. The number of aromatic nitrogens is 2. The highest BCUT2D eigenvalue weighted by Gasteiger charge is 2.22. The third kappa shape index (κ3) is 3.64. The first kappa shape index (κ1) is 16.2. The minimum absolute atomic E-state index is 0.160. The zero-order valence-corrected chi connectivity index (χ0v) is 14.1. The lowest BCUT2D eigenvalue weighted by Crippen LogP contribution is -2.49. The summed E-state index contributed by atoms with van der Waals surface area (Å²) in [5, 5.41) is 0. The topological polar surface area (TPSA) is 58.6 Å². The van der Waals surface area contributed by atoms with Crippen molar-refractivity contribution in [3.8, 4) is 5.75 Å². The molecule has 1 aromatic heterocycles. The Hall–Kier alpha value is -2.63. The van der Waals surface area contributed by atoms with Crippen molar-refractivity contribution in [2.24, 2.45) is 0 Å². The normalized spacial score (nSPS) is 14.6. The van der Waals surface area contributed by atoms with E-state index in [9.17, 15) is 4.79 Å². The van der Waals surface area contributed by atoms with Gasteiger partial charge in [-0.2, -0.15) is 0 Å². The smallest absolute Gasteiger partial charge is 0.227 e. The van der Waals surface area contributed by atoms with Crippen LogP contribution >= 0.6 is 0 Å². The SMILES string of the molecule is COc1ccc(CC(=O)N2CCN(c3ncccn3)CC2)cc1C. The van der Waals surface area contributed by atoms with Crippen molar-refractivity contribution < 1.29 is 9.53 Å². The lowest BCUT2D eigenvalue weighted by atomic mass is 10.1. The van der Waals surface area contributed by atoms with Crippen molar-refractivity contribution in [1.82, 2.24) is 14.9 Å². The lowest BCUT2D eigenvalue weighted by molar-refractivity contribution is -0.130. The number of amides is 1. The fraction of sp³-hybridized carbons (Fsp3) is 0.389. The quantitative estimate of drug-likeness (QED) is 0.856. The largest absolute Gasteiger partial charge is 0.496 e. The summed E-state index contributed by atoms with van der Waals surface area (Å²) >= 11 is 0. The fourth-order valence-electron chi connectivity index (χ4n) is 2.95. The minimum Gasteiger partial charge on any atom is -0.496 e. The van der Waals surface area contributed by atoms with E-state index in [1.54, 1.807) is 25.6 Å². The van der Waals surface area contributed by atoms with Crippen LogP contribution in [0.1, 0.15) is 11.1 Å². The molecule has 1 aliphatic heterocycles. The number of rotatable bonds is 4. The van der Waals surface area contributed by atoms with Crippen LogP contribution in [0.3, 0.4) is 0 Å². The van der Waals surface area contributed by atoms with Crippen molar-refractivity contribution in [2.45, 2.75) is 13.3 Å². The van der Waals surface area contributed by atoms with Crippen molar-refractivity contribution in [3.05, 3.63) is 47.8 Å². The van der Waals surface area contributed by atoms with Crippen molar-refractivity contribution in [3.63, 3.8) is 0 Å². The van der Waals surface area contributed by atoms with Gasteiger partial charge in [0.2, 0.25) is 11.9 Å². The predicted octanol–water partition coefficient (Wildman–Crippen LogP) is 1.68. The van der Waals surface area contributed by atoms with Crippen LogP contribution in [0.4, 0.5) is 5.95 Å². The molecule has 2 aromatic rings. The first-order valence-corrected chi connectivity index (χ1v) is 8.10. The van der Waals surface area contributed by atoms with E-state index in [0.717, 1.165) is 35.9 Å². The van der Waals surface area contributed by atoms with Gasteiger partial charge >= 0.3 is 0 Å². The van der Waals surface area contributed by atoms with Gasteiger partial charge in [0.05, 0.1) is 13.5 Å². The highest BCUT2D eigenvalue weighted by atomic mass is 16.5. The van der Waals surface area contributed by atoms with Gasteiger partial charge in [0.25, 0.3) is 0 Å². The van der Waals surface area contributed by atoms with Crippen LogP contribution in [-0.4, -0.2) is 54.1 Å². The Morgan fingerprint density at radius 3 is 2.50 bits per heavy atom. The molecule has 6 heteroatoms. The molecule has 0 saturated carbocycles. The Labute approximate surface area is 142 Å². The monoisotopic (exact) mass is 326 g/mol. The van der Waals surface area contributed by atoms with Gasteiger partial charge < -0.3 is 14.5 Å². The Kier molecular flexibility index (Phi) is 4.93. The number of carbonyl (C=O) groups excluding carboxylic acids is 1. The molecule has 1 fully saturated rings. The van der Waals surface area contributed by atoms with Gasteiger partial charge in [-0.05, 0) is 30.2 Å². The fourth-order valence-corrected chi connectivity index (χ4v) is 2.95. The average Bonchev–Trinajstić information content (AvgIpc) is 2.63. The Morgan fingerprint density at radius 2 is 1.88 bits per heavy atom. The Balaban J connectivity index is 1.56. The van der Waals surface area contributed by atoms with Gasteiger partial charge in [0.1, 0.15) is 5.75 Å².